The van der Waals surface area contributed by atoms with Gasteiger partial charge in [-0.05, 0) is 18.2 Å². The Balaban J connectivity index is 2.44. The Kier molecular flexibility index (Phi) is 3.50. The highest BCUT2D eigenvalue weighted by Gasteiger charge is 2.30. The number of nitrogens with zero attached hydrogens (tertiary/aromatic N) is 1. The highest BCUT2D eigenvalue weighted by atomic mass is 16.5. The minimum atomic E-state index is -0.484. The van der Waals surface area contributed by atoms with Crippen LogP contribution in [0.25, 0.3) is 0 Å². The zero-order valence-corrected chi connectivity index (χ0v) is 10.7. The zero-order valence-electron chi connectivity index (χ0n) is 10.7. The Morgan fingerprint density at radius 2 is 2.11 bits per heavy atom. The van der Waals surface area contributed by atoms with Crippen LogP contribution in [0.2, 0.25) is 0 Å². The molecule has 1 heterocycles. The van der Waals surface area contributed by atoms with E-state index in [9.17, 15) is 14.4 Å². The summed E-state index contributed by atoms with van der Waals surface area (Å²) in [5, 5.41) is 2.93. The highest BCUT2D eigenvalue weighted by Crippen LogP contribution is 2.30. The molecule has 0 unspecified atom stereocenters. The lowest BCUT2D eigenvalue weighted by atomic mass is 10.1. The molecule has 0 atom stereocenters. The van der Waals surface area contributed by atoms with E-state index in [1.807, 2.05) is 0 Å². The molecule has 1 amide bonds. The minimum Gasteiger partial charge on any atom is -0.465 e. The number of nitrogens with one attached hydrogen (secondary N) is 1. The van der Waals surface area contributed by atoms with Gasteiger partial charge in [0.25, 0.3) is 0 Å². The van der Waals surface area contributed by atoms with Crippen molar-refractivity contribution in [2.45, 2.75) is 6.42 Å². The third-order valence-electron chi connectivity index (χ3n) is 2.96. The molecule has 1 saturated heterocycles. The number of ketones is 1. The lowest BCUT2D eigenvalue weighted by molar-refractivity contribution is -0.121. The minimum absolute atomic E-state index is 0.0398. The molecule has 6 heteroatoms. The van der Waals surface area contributed by atoms with Crippen LogP contribution in [0.15, 0.2) is 18.2 Å². The molecule has 1 aliphatic heterocycles. The molecule has 1 fully saturated rings. The van der Waals surface area contributed by atoms with Crippen LogP contribution in [0.4, 0.5) is 11.4 Å². The molecular weight excluding hydrogens is 248 g/mol. The van der Waals surface area contributed by atoms with Crippen molar-refractivity contribution in [2.24, 2.45) is 0 Å². The molecule has 1 aromatic carbocycles. The van der Waals surface area contributed by atoms with Gasteiger partial charge in [0.15, 0.2) is 5.78 Å². The second-order valence-electron chi connectivity index (χ2n) is 4.17. The first-order valence-electron chi connectivity index (χ1n) is 5.79. The number of hydrogen-bond donors (Lipinski definition) is 1. The quantitative estimate of drug-likeness (QED) is 0.644. The summed E-state index contributed by atoms with van der Waals surface area (Å²) in [6.07, 6.45) is -0.0917. The van der Waals surface area contributed by atoms with E-state index in [0.29, 0.717) is 16.9 Å². The van der Waals surface area contributed by atoms with Gasteiger partial charge in [0.2, 0.25) is 5.91 Å². The Morgan fingerprint density at radius 1 is 1.37 bits per heavy atom. The molecule has 0 spiro atoms. The van der Waals surface area contributed by atoms with Crippen LogP contribution < -0.4 is 10.2 Å². The van der Waals surface area contributed by atoms with E-state index >= 15 is 0 Å². The largest absolute Gasteiger partial charge is 0.465 e. The number of rotatable bonds is 3. The number of anilines is 2. The molecule has 6 nitrogen and oxygen atoms in total. The van der Waals surface area contributed by atoms with E-state index in [1.165, 1.54) is 12.0 Å². The van der Waals surface area contributed by atoms with Gasteiger partial charge in [-0.15, -0.1) is 0 Å². The molecular formula is C13H14N2O4. The fraction of sp³-hybridized carbons (Fsp3) is 0.308. The summed E-state index contributed by atoms with van der Waals surface area (Å²) in [6.45, 7) is 0.0398. The van der Waals surface area contributed by atoms with Gasteiger partial charge in [0, 0.05) is 7.05 Å². The molecule has 0 aromatic heterocycles. The third kappa shape index (κ3) is 2.42. The summed E-state index contributed by atoms with van der Waals surface area (Å²) in [5.41, 5.74) is 1.53. The summed E-state index contributed by atoms with van der Waals surface area (Å²) in [5.74, 6) is -0.874. The molecule has 1 N–H and O–H groups in total. The van der Waals surface area contributed by atoms with Gasteiger partial charge in [-0.25, -0.2) is 4.79 Å². The lowest BCUT2D eigenvalue weighted by Crippen LogP contribution is -2.25. The Labute approximate surface area is 110 Å². The van der Waals surface area contributed by atoms with Crippen LogP contribution in [0, 0.1) is 0 Å². The second-order valence-corrected chi connectivity index (χ2v) is 4.17. The van der Waals surface area contributed by atoms with Crippen molar-refractivity contribution in [1.29, 1.82) is 0 Å². The lowest BCUT2D eigenvalue weighted by Gasteiger charge is -2.19. The van der Waals surface area contributed by atoms with E-state index in [2.05, 4.69) is 10.1 Å². The molecule has 0 bridgehead atoms. The summed E-state index contributed by atoms with van der Waals surface area (Å²) in [4.78, 5) is 36.0. The van der Waals surface area contributed by atoms with E-state index in [-0.39, 0.29) is 24.7 Å². The number of methoxy groups -OCH3 is 1. The van der Waals surface area contributed by atoms with Crippen molar-refractivity contribution in [1.82, 2.24) is 0 Å². The molecule has 0 saturated carbocycles. The molecule has 2 rings (SSSR count). The van der Waals surface area contributed by atoms with Gasteiger partial charge in [-0.2, -0.15) is 0 Å². The first-order valence-corrected chi connectivity index (χ1v) is 5.79. The monoisotopic (exact) mass is 262 g/mol. The van der Waals surface area contributed by atoms with Gasteiger partial charge in [0.1, 0.15) is 0 Å². The van der Waals surface area contributed by atoms with Crippen LogP contribution in [0.5, 0.6) is 0 Å². The Morgan fingerprint density at radius 3 is 2.63 bits per heavy atom. The number of benzene rings is 1. The fourth-order valence-corrected chi connectivity index (χ4v) is 2.02. The topological polar surface area (TPSA) is 75.7 Å². The second kappa shape index (κ2) is 5.09. The molecule has 100 valence electrons. The van der Waals surface area contributed by atoms with E-state index < -0.39 is 5.97 Å². The first-order chi connectivity index (χ1) is 9.06. The number of carbonyl (C=O) groups excluding carboxylic acids is 3. The molecule has 1 aromatic rings. The number of carbonyl (C=O) groups is 3. The van der Waals surface area contributed by atoms with Crippen molar-refractivity contribution in [3.8, 4) is 0 Å². The maximum atomic E-state index is 11.8. The van der Waals surface area contributed by atoms with Crippen molar-refractivity contribution in [3.05, 3.63) is 23.8 Å². The number of hydrogen-bond acceptors (Lipinski definition) is 5. The van der Waals surface area contributed by atoms with Crippen molar-refractivity contribution >= 4 is 29.0 Å². The Bertz CT molecular complexity index is 554. The van der Waals surface area contributed by atoms with E-state index in [0.717, 1.165) is 0 Å². The maximum Gasteiger partial charge on any atom is 0.337 e. The molecule has 1 aliphatic rings. The van der Waals surface area contributed by atoms with Crippen LogP contribution in [0.1, 0.15) is 16.8 Å². The number of esters is 1. The predicted octanol–water partition coefficient (Wildman–Crippen LogP) is 0.821. The smallest absolute Gasteiger partial charge is 0.337 e. The average molecular weight is 262 g/mol. The SMILES string of the molecule is CNc1ccc(C(=O)OC)cc1N1CC(=O)CC1=O. The molecule has 19 heavy (non-hydrogen) atoms. The van der Waals surface area contributed by atoms with Crippen molar-refractivity contribution < 1.29 is 19.1 Å². The number of amides is 1. The average Bonchev–Trinajstić information content (AvgIpc) is 2.76. The standard InChI is InChI=1S/C13H14N2O4/c1-14-10-4-3-8(13(18)19-2)5-11(10)15-7-9(16)6-12(15)17/h3-5,14H,6-7H2,1-2H3. The summed E-state index contributed by atoms with van der Waals surface area (Å²) in [7, 11) is 3.00. The van der Waals surface area contributed by atoms with Crippen molar-refractivity contribution in [3.63, 3.8) is 0 Å². The van der Waals surface area contributed by atoms with Gasteiger partial charge in [0.05, 0.1) is 37.0 Å². The molecule has 0 aliphatic carbocycles. The zero-order chi connectivity index (χ0) is 14.0. The van der Waals surface area contributed by atoms with Gasteiger partial charge in [-0.1, -0.05) is 0 Å². The van der Waals surface area contributed by atoms with Gasteiger partial charge < -0.3 is 15.0 Å². The van der Waals surface area contributed by atoms with Crippen LogP contribution in [-0.4, -0.2) is 38.4 Å². The Hall–Kier alpha value is -2.37. The van der Waals surface area contributed by atoms with Crippen LogP contribution >= 0.6 is 0 Å². The summed E-state index contributed by atoms with van der Waals surface area (Å²) < 4.78 is 4.65. The number of ether oxygens (including phenoxy) is 1. The fourth-order valence-electron chi connectivity index (χ4n) is 2.02. The van der Waals surface area contributed by atoms with E-state index in [1.54, 1.807) is 25.2 Å². The maximum absolute atomic E-state index is 11.8. The normalized spacial score (nSPS) is 14.7. The first kappa shape index (κ1) is 13.1. The van der Waals surface area contributed by atoms with Crippen LogP contribution in [0.3, 0.4) is 0 Å². The van der Waals surface area contributed by atoms with Crippen LogP contribution in [-0.2, 0) is 14.3 Å². The van der Waals surface area contributed by atoms with Crippen molar-refractivity contribution in [2.75, 3.05) is 30.9 Å². The van der Waals surface area contributed by atoms with Gasteiger partial charge >= 0.3 is 5.97 Å². The highest BCUT2D eigenvalue weighted by molar-refractivity contribution is 6.16. The third-order valence-corrected chi connectivity index (χ3v) is 2.96. The van der Waals surface area contributed by atoms with E-state index in [4.69, 9.17) is 0 Å². The summed E-state index contributed by atoms with van der Waals surface area (Å²) in [6, 6.07) is 4.83. The number of Topliss-reactive ketones (excluding diaryl/α,β-unsaturated/α-hetero) is 1. The summed E-state index contributed by atoms with van der Waals surface area (Å²) >= 11 is 0. The van der Waals surface area contributed by atoms with Gasteiger partial charge in [-0.3, -0.25) is 9.59 Å². The molecule has 0 radical (unpaired) electrons. The predicted molar refractivity (Wildman–Crippen MR) is 69.3 cm³/mol.